The zero-order chi connectivity index (χ0) is 16.0. The van der Waals surface area contributed by atoms with E-state index in [-0.39, 0.29) is 0 Å². The molecule has 21 heavy (non-hydrogen) atoms. The Labute approximate surface area is 130 Å². The summed E-state index contributed by atoms with van der Waals surface area (Å²) >= 11 is 0. The highest BCUT2D eigenvalue weighted by molar-refractivity contribution is 7.43. The van der Waals surface area contributed by atoms with Crippen LogP contribution in [-0.4, -0.2) is 6.10 Å². The fraction of sp³-hybridized carbons (Fsp3) is 1.00. The van der Waals surface area contributed by atoms with Crippen LogP contribution in [0.1, 0.15) is 97.3 Å². The number of phosphoric acid groups is 1. The van der Waals surface area contributed by atoms with Crippen molar-refractivity contribution in [2.24, 2.45) is 0 Å². The van der Waals surface area contributed by atoms with Gasteiger partial charge < -0.3 is 18.9 Å². The quantitative estimate of drug-likeness (QED) is 0.333. The molecule has 0 rings (SSSR count). The van der Waals surface area contributed by atoms with Gasteiger partial charge in [-0.2, -0.15) is 0 Å². The number of hydrogen-bond donors (Lipinski definition) is 0. The molecule has 0 spiro atoms. The second-order valence-electron chi connectivity index (χ2n) is 5.93. The van der Waals surface area contributed by atoms with Crippen molar-refractivity contribution in [2.45, 2.75) is 103 Å². The molecule has 0 aliphatic heterocycles. The van der Waals surface area contributed by atoms with E-state index in [1.54, 1.807) is 0 Å². The van der Waals surface area contributed by atoms with Crippen molar-refractivity contribution < 1.29 is 18.9 Å². The van der Waals surface area contributed by atoms with Gasteiger partial charge in [-0.05, 0) is 12.8 Å². The molecule has 0 N–H and O–H groups in total. The van der Waals surface area contributed by atoms with Gasteiger partial charge in [-0.3, -0.25) is 0 Å². The standard InChI is InChI=1S/C16H35O4P/c1-3-5-6-7-8-9-10-11-12-13-15-16(14-4-2)20-21(17,18)19/h16H,3-15H2,1-2H3,(H2,17,18,19)/p-2. The lowest BCUT2D eigenvalue weighted by Gasteiger charge is -2.33. The Balaban J connectivity index is 3.47. The van der Waals surface area contributed by atoms with Crippen LogP contribution in [0.25, 0.3) is 0 Å². The summed E-state index contributed by atoms with van der Waals surface area (Å²) in [4.78, 5) is 21.3. The van der Waals surface area contributed by atoms with Gasteiger partial charge in [-0.1, -0.05) is 84.5 Å². The van der Waals surface area contributed by atoms with Gasteiger partial charge in [0.05, 0.1) is 13.9 Å². The molecule has 0 aromatic heterocycles. The Morgan fingerprint density at radius 1 is 0.762 bits per heavy atom. The molecular formula is C16H33O4P-2. The second kappa shape index (κ2) is 13.8. The maximum absolute atomic E-state index is 10.6. The SMILES string of the molecule is CCCCCCCCCCCCC(CCC)OP(=O)([O-])[O-]. The van der Waals surface area contributed by atoms with Crippen LogP contribution in [-0.2, 0) is 9.09 Å². The van der Waals surface area contributed by atoms with Crippen LogP contribution in [0.3, 0.4) is 0 Å². The van der Waals surface area contributed by atoms with Crippen molar-refractivity contribution in [3.8, 4) is 0 Å². The normalized spacial score (nSPS) is 13.5. The van der Waals surface area contributed by atoms with Crippen LogP contribution in [0.15, 0.2) is 0 Å². The Hall–Kier alpha value is 0.110. The van der Waals surface area contributed by atoms with Gasteiger partial charge in [0.1, 0.15) is 0 Å². The molecule has 0 saturated carbocycles. The molecule has 0 aromatic carbocycles. The zero-order valence-electron chi connectivity index (χ0n) is 13.8. The van der Waals surface area contributed by atoms with Gasteiger partial charge in [0, 0.05) is 0 Å². The third kappa shape index (κ3) is 16.3. The molecule has 0 bridgehead atoms. The van der Waals surface area contributed by atoms with E-state index in [9.17, 15) is 14.4 Å². The first-order valence-electron chi connectivity index (χ1n) is 8.70. The molecule has 0 radical (unpaired) electrons. The molecule has 4 nitrogen and oxygen atoms in total. The summed E-state index contributed by atoms with van der Waals surface area (Å²) in [5.41, 5.74) is 0. The first kappa shape index (κ1) is 21.1. The molecule has 128 valence electrons. The fourth-order valence-electron chi connectivity index (χ4n) is 2.61. The summed E-state index contributed by atoms with van der Waals surface area (Å²) in [5.74, 6) is 0. The van der Waals surface area contributed by atoms with E-state index in [0.717, 1.165) is 19.3 Å². The lowest BCUT2D eigenvalue weighted by molar-refractivity contribution is -0.345. The Morgan fingerprint density at radius 3 is 1.67 bits per heavy atom. The molecule has 0 amide bonds. The topological polar surface area (TPSA) is 72.4 Å². The predicted octanol–water partition coefficient (Wildman–Crippen LogP) is 4.31. The van der Waals surface area contributed by atoms with Gasteiger partial charge in [0.25, 0.3) is 0 Å². The average molecular weight is 320 g/mol. The van der Waals surface area contributed by atoms with Crippen LogP contribution >= 0.6 is 7.82 Å². The van der Waals surface area contributed by atoms with Gasteiger partial charge in [-0.15, -0.1) is 0 Å². The minimum absolute atomic E-state index is 0.412. The molecule has 0 saturated heterocycles. The van der Waals surface area contributed by atoms with Crippen molar-refractivity contribution in [1.29, 1.82) is 0 Å². The van der Waals surface area contributed by atoms with E-state index < -0.39 is 13.9 Å². The predicted molar refractivity (Wildman–Crippen MR) is 83.8 cm³/mol. The third-order valence-electron chi connectivity index (χ3n) is 3.77. The van der Waals surface area contributed by atoms with Gasteiger partial charge in [-0.25, -0.2) is 0 Å². The summed E-state index contributed by atoms with van der Waals surface area (Å²) in [6.07, 6.45) is 14.2. The van der Waals surface area contributed by atoms with E-state index in [4.69, 9.17) is 0 Å². The Morgan fingerprint density at radius 2 is 1.24 bits per heavy atom. The summed E-state index contributed by atoms with van der Waals surface area (Å²) in [6.45, 7) is 4.20. The zero-order valence-corrected chi connectivity index (χ0v) is 14.7. The molecule has 0 heterocycles. The van der Waals surface area contributed by atoms with Crippen molar-refractivity contribution in [3.05, 3.63) is 0 Å². The number of hydrogen-bond acceptors (Lipinski definition) is 4. The summed E-state index contributed by atoms with van der Waals surface area (Å²) < 4.78 is 15.3. The van der Waals surface area contributed by atoms with Gasteiger partial charge in [0.2, 0.25) is 0 Å². The van der Waals surface area contributed by atoms with Crippen LogP contribution in [0.4, 0.5) is 0 Å². The number of unbranched alkanes of at least 4 members (excludes halogenated alkanes) is 9. The lowest BCUT2D eigenvalue weighted by Crippen LogP contribution is -2.22. The van der Waals surface area contributed by atoms with E-state index in [1.807, 2.05) is 6.92 Å². The molecule has 0 aliphatic carbocycles. The first-order chi connectivity index (χ1) is 9.99. The summed E-state index contributed by atoms with van der Waals surface area (Å²) in [6, 6.07) is 0. The lowest BCUT2D eigenvalue weighted by atomic mass is 10.0. The first-order valence-corrected chi connectivity index (χ1v) is 10.2. The largest absolute Gasteiger partial charge is 0.790 e. The smallest absolute Gasteiger partial charge is 0.0627 e. The van der Waals surface area contributed by atoms with E-state index in [2.05, 4.69) is 11.4 Å². The Bertz CT molecular complexity index is 265. The Kier molecular flexibility index (Phi) is 13.8. The van der Waals surface area contributed by atoms with Gasteiger partial charge in [0.15, 0.2) is 0 Å². The molecule has 0 aromatic rings. The summed E-state index contributed by atoms with van der Waals surface area (Å²) in [7, 11) is -4.83. The molecule has 0 fully saturated rings. The summed E-state index contributed by atoms with van der Waals surface area (Å²) in [5, 5.41) is 0. The monoisotopic (exact) mass is 320 g/mol. The maximum atomic E-state index is 10.6. The van der Waals surface area contributed by atoms with Crippen molar-refractivity contribution in [1.82, 2.24) is 0 Å². The molecular weight excluding hydrogens is 287 g/mol. The van der Waals surface area contributed by atoms with E-state index in [0.29, 0.717) is 12.8 Å². The van der Waals surface area contributed by atoms with Gasteiger partial charge >= 0.3 is 0 Å². The van der Waals surface area contributed by atoms with Crippen molar-refractivity contribution in [3.63, 3.8) is 0 Å². The van der Waals surface area contributed by atoms with E-state index >= 15 is 0 Å². The highest BCUT2D eigenvalue weighted by Gasteiger charge is 2.09. The van der Waals surface area contributed by atoms with Crippen LogP contribution < -0.4 is 9.79 Å². The van der Waals surface area contributed by atoms with Crippen LogP contribution in [0, 0.1) is 0 Å². The number of rotatable bonds is 15. The molecule has 0 aliphatic rings. The third-order valence-corrected chi connectivity index (χ3v) is 4.32. The molecule has 5 heteroatoms. The van der Waals surface area contributed by atoms with Crippen LogP contribution in [0.5, 0.6) is 0 Å². The minimum atomic E-state index is -4.83. The fourth-order valence-corrected chi connectivity index (χ4v) is 3.19. The average Bonchev–Trinajstić information content (AvgIpc) is 2.39. The van der Waals surface area contributed by atoms with E-state index in [1.165, 1.54) is 51.4 Å². The van der Waals surface area contributed by atoms with Crippen molar-refractivity contribution in [2.75, 3.05) is 0 Å². The highest BCUT2D eigenvalue weighted by Crippen LogP contribution is 2.31. The van der Waals surface area contributed by atoms with Crippen molar-refractivity contribution >= 4 is 7.82 Å². The van der Waals surface area contributed by atoms with Crippen LogP contribution in [0.2, 0.25) is 0 Å². The highest BCUT2D eigenvalue weighted by atomic mass is 31.2. The second-order valence-corrected chi connectivity index (χ2v) is 7.04. The molecule has 1 unspecified atom stereocenters. The maximum Gasteiger partial charge on any atom is 0.0627 e. The molecule has 1 atom stereocenters. The minimum Gasteiger partial charge on any atom is -0.790 e. The number of phosphoric ester groups is 1.